The first kappa shape index (κ1) is 12.4. The van der Waals surface area contributed by atoms with Gasteiger partial charge in [-0.05, 0) is 37.5 Å². The van der Waals surface area contributed by atoms with Crippen molar-refractivity contribution in [3.05, 3.63) is 39.4 Å². The third-order valence-electron chi connectivity index (χ3n) is 3.02. The lowest BCUT2D eigenvalue weighted by Crippen LogP contribution is -2.12. The van der Waals surface area contributed by atoms with Crippen LogP contribution < -0.4 is 5.32 Å². The van der Waals surface area contributed by atoms with E-state index >= 15 is 0 Å². The molecule has 0 atom stereocenters. The molecule has 0 radical (unpaired) electrons. The SMILES string of the molecule is O=C(Nc1nc2c(s1)CCC2)c1cc(Cl)ccc1O. The third-order valence-corrected chi connectivity index (χ3v) is 4.33. The maximum atomic E-state index is 12.1. The van der Waals surface area contributed by atoms with Crippen molar-refractivity contribution in [3.8, 4) is 5.75 Å². The lowest BCUT2D eigenvalue weighted by molar-refractivity contribution is 0.102. The number of aryl methyl sites for hydroxylation is 2. The van der Waals surface area contributed by atoms with Gasteiger partial charge in [-0.3, -0.25) is 10.1 Å². The summed E-state index contributed by atoms with van der Waals surface area (Å²) in [6.45, 7) is 0. The number of hydrogen-bond donors (Lipinski definition) is 2. The number of halogens is 1. The molecule has 0 bridgehead atoms. The molecule has 0 saturated heterocycles. The number of hydrogen-bond acceptors (Lipinski definition) is 4. The van der Waals surface area contributed by atoms with Gasteiger partial charge in [-0.1, -0.05) is 11.6 Å². The van der Waals surface area contributed by atoms with Gasteiger partial charge < -0.3 is 5.11 Å². The lowest BCUT2D eigenvalue weighted by Gasteiger charge is -2.04. The summed E-state index contributed by atoms with van der Waals surface area (Å²) in [5, 5.41) is 13.4. The number of nitrogens with zero attached hydrogens (tertiary/aromatic N) is 1. The molecule has 1 aliphatic rings. The number of fused-ring (bicyclic) bond motifs is 1. The van der Waals surface area contributed by atoms with Gasteiger partial charge in [0.2, 0.25) is 0 Å². The number of anilines is 1. The van der Waals surface area contributed by atoms with E-state index in [0.29, 0.717) is 10.2 Å². The molecule has 19 heavy (non-hydrogen) atoms. The van der Waals surface area contributed by atoms with E-state index in [1.54, 1.807) is 0 Å². The Kier molecular flexibility index (Phi) is 3.16. The fourth-order valence-electron chi connectivity index (χ4n) is 2.10. The first-order valence-electron chi connectivity index (χ1n) is 5.92. The first-order chi connectivity index (χ1) is 9.13. The Labute approximate surface area is 119 Å². The number of aromatic hydroxyl groups is 1. The Morgan fingerprint density at radius 1 is 1.42 bits per heavy atom. The van der Waals surface area contributed by atoms with Crippen LogP contribution in [0.25, 0.3) is 0 Å². The van der Waals surface area contributed by atoms with Crippen LogP contribution in [0.2, 0.25) is 5.02 Å². The molecular formula is C13H11ClN2O2S. The van der Waals surface area contributed by atoms with Crippen LogP contribution in [0, 0.1) is 0 Å². The molecule has 0 aliphatic heterocycles. The highest BCUT2D eigenvalue weighted by atomic mass is 35.5. The number of phenolic OH excluding ortho intramolecular Hbond substituents is 1. The molecule has 1 aromatic carbocycles. The van der Waals surface area contributed by atoms with Gasteiger partial charge in [-0.15, -0.1) is 11.3 Å². The molecule has 6 heteroatoms. The number of thiazole rings is 1. The van der Waals surface area contributed by atoms with E-state index in [1.807, 2.05) is 0 Å². The van der Waals surface area contributed by atoms with E-state index in [0.717, 1.165) is 25.0 Å². The van der Waals surface area contributed by atoms with E-state index in [4.69, 9.17) is 11.6 Å². The summed E-state index contributed by atoms with van der Waals surface area (Å²) in [4.78, 5) is 17.7. The summed E-state index contributed by atoms with van der Waals surface area (Å²) in [6.07, 6.45) is 3.15. The fraction of sp³-hybridized carbons (Fsp3) is 0.231. The Hall–Kier alpha value is -1.59. The molecule has 1 amide bonds. The smallest absolute Gasteiger partial charge is 0.261 e. The molecule has 2 aromatic rings. The molecule has 1 aromatic heterocycles. The normalized spacial score (nSPS) is 13.3. The quantitative estimate of drug-likeness (QED) is 0.894. The van der Waals surface area contributed by atoms with Crippen LogP contribution in [0.4, 0.5) is 5.13 Å². The topological polar surface area (TPSA) is 62.2 Å². The van der Waals surface area contributed by atoms with E-state index < -0.39 is 5.91 Å². The molecule has 0 fully saturated rings. The molecule has 0 spiro atoms. The lowest BCUT2D eigenvalue weighted by atomic mass is 10.2. The maximum Gasteiger partial charge on any atom is 0.261 e. The van der Waals surface area contributed by atoms with Crippen LogP contribution in [0.5, 0.6) is 5.75 Å². The van der Waals surface area contributed by atoms with Crippen molar-refractivity contribution in [2.75, 3.05) is 5.32 Å². The third kappa shape index (κ3) is 2.43. The van der Waals surface area contributed by atoms with Crippen molar-refractivity contribution in [2.24, 2.45) is 0 Å². The Bertz CT molecular complexity index is 633. The maximum absolute atomic E-state index is 12.1. The number of benzene rings is 1. The van der Waals surface area contributed by atoms with E-state index in [1.165, 1.54) is 34.4 Å². The molecule has 3 rings (SSSR count). The minimum atomic E-state index is -0.396. The molecule has 4 nitrogen and oxygen atoms in total. The minimum Gasteiger partial charge on any atom is -0.507 e. The minimum absolute atomic E-state index is 0.0917. The first-order valence-corrected chi connectivity index (χ1v) is 7.11. The van der Waals surface area contributed by atoms with Gasteiger partial charge in [0.1, 0.15) is 5.75 Å². The number of amides is 1. The molecule has 2 N–H and O–H groups in total. The Morgan fingerprint density at radius 3 is 3.05 bits per heavy atom. The molecule has 1 aliphatic carbocycles. The van der Waals surface area contributed by atoms with Crippen molar-refractivity contribution in [1.29, 1.82) is 0 Å². The van der Waals surface area contributed by atoms with Gasteiger partial charge in [0.05, 0.1) is 11.3 Å². The largest absolute Gasteiger partial charge is 0.507 e. The van der Waals surface area contributed by atoms with Crippen molar-refractivity contribution in [2.45, 2.75) is 19.3 Å². The second kappa shape index (κ2) is 4.83. The highest BCUT2D eigenvalue weighted by Gasteiger charge is 2.19. The van der Waals surface area contributed by atoms with Gasteiger partial charge in [0.15, 0.2) is 5.13 Å². The number of rotatable bonds is 2. The van der Waals surface area contributed by atoms with Gasteiger partial charge >= 0.3 is 0 Å². The molecule has 0 saturated carbocycles. The van der Waals surface area contributed by atoms with Crippen LogP contribution in [-0.4, -0.2) is 16.0 Å². The number of nitrogens with one attached hydrogen (secondary N) is 1. The zero-order chi connectivity index (χ0) is 13.4. The molecule has 0 unspecified atom stereocenters. The second-order valence-electron chi connectivity index (χ2n) is 4.36. The number of aromatic nitrogens is 1. The van der Waals surface area contributed by atoms with Gasteiger partial charge in [0, 0.05) is 9.90 Å². The summed E-state index contributed by atoms with van der Waals surface area (Å²) in [5.74, 6) is -0.488. The standard InChI is InChI=1S/C13H11ClN2O2S/c14-7-4-5-10(17)8(6-7)12(18)16-13-15-9-2-1-3-11(9)19-13/h4-6,17H,1-3H2,(H,15,16,18). The van der Waals surface area contributed by atoms with Crippen LogP contribution in [0.3, 0.4) is 0 Å². The zero-order valence-electron chi connectivity index (χ0n) is 9.94. The molecule has 98 valence electrons. The highest BCUT2D eigenvalue weighted by Crippen LogP contribution is 2.31. The summed E-state index contributed by atoms with van der Waals surface area (Å²) < 4.78 is 0. The predicted octanol–water partition coefficient (Wildman–Crippen LogP) is 3.24. The number of phenols is 1. The summed E-state index contributed by atoms with van der Waals surface area (Å²) >= 11 is 7.32. The summed E-state index contributed by atoms with van der Waals surface area (Å²) in [6, 6.07) is 4.37. The van der Waals surface area contributed by atoms with Crippen molar-refractivity contribution in [3.63, 3.8) is 0 Å². The molecular weight excluding hydrogens is 284 g/mol. The van der Waals surface area contributed by atoms with Crippen LogP contribution >= 0.6 is 22.9 Å². The van der Waals surface area contributed by atoms with E-state index in [2.05, 4.69) is 10.3 Å². The average Bonchev–Trinajstić information content (AvgIpc) is 2.92. The Balaban J connectivity index is 1.82. The van der Waals surface area contributed by atoms with Crippen LogP contribution in [-0.2, 0) is 12.8 Å². The van der Waals surface area contributed by atoms with Gasteiger partial charge in [-0.25, -0.2) is 4.98 Å². The fourth-order valence-corrected chi connectivity index (χ4v) is 3.32. The molecule has 1 heterocycles. The predicted molar refractivity (Wildman–Crippen MR) is 75.2 cm³/mol. The van der Waals surface area contributed by atoms with Crippen molar-refractivity contribution >= 4 is 34.0 Å². The zero-order valence-corrected chi connectivity index (χ0v) is 11.5. The van der Waals surface area contributed by atoms with Gasteiger partial charge in [0.25, 0.3) is 5.91 Å². The summed E-state index contributed by atoms with van der Waals surface area (Å²) in [7, 11) is 0. The van der Waals surface area contributed by atoms with Crippen LogP contribution in [0.15, 0.2) is 18.2 Å². The average molecular weight is 295 g/mol. The van der Waals surface area contributed by atoms with E-state index in [-0.39, 0.29) is 11.3 Å². The van der Waals surface area contributed by atoms with E-state index in [9.17, 15) is 9.90 Å². The number of carbonyl (C=O) groups excluding carboxylic acids is 1. The number of carbonyl (C=O) groups is 1. The van der Waals surface area contributed by atoms with Crippen molar-refractivity contribution in [1.82, 2.24) is 4.98 Å². The Morgan fingerprint density at radius 2 is 2.26 bits per heavy atom. The van der Waals surface area contributed by atoms with Crippen LogP contribution in [0.1, 0.15) is 27.3 Å². The second-order valence-corrected chi connectivity index (χ2v) is 5.88. The van der Waals surface area contributed by atoms with Crippen molar-refractivity contribution < 1.29 is 9.90 Å². The monoisotopic (exact) mass is 294 g/mol. The highest BCUT2D eigenvalue weighted by molar-refractivity contribution is 7.16. The summed E-state index contributed by atoms with van der Waals surface area (Å²) in [5.41, 5.74) is 1.23. The van der Waals surface area contributed by atoms with Gasteiger partial charge in [-0.2, -0.15) is 0 Å².